The highest BCUT2D eigenvalue weighted by atomic mass is 19.1. The van der Waals surface area contributed by atoms with Crippen molar-refractivity contribution in [2.24, 2.45) is 0 Å². The number of nitrogens with one attached hydrogen (secondary N) is 2. The lowest BCUT2D eigenvalue weighted by molar-refractivity contribution is -0.128. The first-order valence-electron chi connectivity index (χ1n) is 11.1. The van der Waals surface area contributed by atoms with Crippen molar-refractivity contribution in [1.82, 2.24) is 10.9 Å². The summed E-state index contributed by atoms with van der Waals surface area (Å²) in [6.45, 7) is 3.50. The summed E-state index contributed by atoms with van der Waals surface area (Å²) in [7, 11) is 0. The average molecular weight is 490 g/mol. The second-order valence-corrected chi connectivity index (χ2v) is 8.03. The Labute approximate surface area is 205 Å². The molecule has 1 atom stereocenters. The van der Waals surface area contributed by atoms with E-state index in [1.807, 2.05) is 13.0 Å². The third kappa shape index (κ3) is 5.87. The van der Waals surface area contributed by atoms with Gasteiger partial charge in [0, 0.05) is 23.1 Å². The van der Waals surface area contributed by atoms with E-state index in [0.29, 0.717) is 16.9 Å². The molecular formula is C27H23FN2O6. The Kier molecular flexibility index (Phi) is 7.29. The molecule has 1 heterocycles. The Morgan fingerprint density at radius 2 is 1.75 bits per heavy atom. The van der Waals surface area contributed by atoms with Crippen LogP contribution in [0.5, 0.6) is 11.5 Å². The minimum atomic E-state index is -1.03. The van der Waals surface area contributed by atoms with Crippen molar-refractivity contribution in [3.8, 4) is 11.5 Å². The van der Waals surface area contributed by atoms with Crippen molar-refractivity contribution in [3.63, 3.8) is 0 Å². The molecule has 4 rings (SSSR count). The molecule has 184 valence electrons. The molecule has 2 amide bonds. The number of fused-ring (bicyclic) bond motifs is 1. The van der Waals surface area contributed by atoms with Crippen LogP contribution >= 0.6 is 0 Å². The van der Waals surface area contributed by atoms with Crippen LogP contribution in [0.4, 0.5) is 4.39 Å². The van der Waals surface area contributed by atoms with Gasteiger partial charge < -0.3 is 13.9 Å². The third-order valence-corrected chi connectivity index (χ3v) is 5.35. The van der Waals surface area contributed by atoms with Crippen LogP contribution in [0.2, 0.25) is 0 Å². The standard InChI is InChI=1S/C27H23FN2O6/c1-16-13-25(31)36-24-14-20(11-12-21(16)24)34-15-18-7-9-19(10-8-18)27(33)30-29-26(32)17(2)35-23-6-4-3-5-22(23)28/h3-14,17H,15H2,1-2H3,(H,29,32)(H,30,33). The number of ether oxygens (including phenoxy) is 2. The fourth-order valence-electron chi connectivity index (χ4n) is 3.39. The Morgan fingerprint density at radius 3 is 2.50 bits per heavy atom. The maximum Gasteiger partial charge on any atom is 0.336 e. The predicted molar refractivity (Wildman–Crippen MR) is 130 cm³/mol. The molecular weight excluding hydrogens is 467 g/mol. The van der Waals surface area contributed by atoms with Gasteiger partial charge in [0.25, 0.3) is 11.8 Å². The monoisotopic (exact) mass is 490 g/mol. The summed E-state index contributed by atoms with van der Waals surface area (Å²) in [5.41, 5.74) is 6.52. The van der Waals surface area contributed by atoms with Gasteiger partial charge in [0.2, 0.25) is 0 Å². The lowest BCUT2D eigenvalue weighted by Gasteiger charge is -2.15. The highest BCUT2D eigenvalue weighted by molar-refractivity contribution is 5.95. The minimum Gasteiger partial charge on any atom is -0.489 e. The van der Waals surface area contributed by atoms with E-state index in [-0.39, 0.29) is 12.4 Å². The fraction of sp³-hybridized carbons (Fsp3) is 0.148. The van der Waals surface area contributed by atoms with E-state index in [4.69, 9.17) is 13.9 Å². The zero-order valence-corrected chi connectivity index (χ0v) is 19.5. The predicted octanol–water partition coefficient (Wildman–Crippen LogP) is 4.05. The van der Waals surface area contributed by atoms with Gasteiger partial charge in [-0.25, -0.2) is 9.18 Å². The fourth-order valence-corrected chi connectivity index (χ4v) is 3.39. The van der Waals surface area contributed by atoms with E-state index in [9.17, 15) is 18.8 Å². The summed E-state index contributed by atoms with van der Waals surface area (Å²) in [5, 5.41) is 0.831. The number of para-hydroxylation sites is 1. The molecule has 0 aliphatic heterocycles. The molecule has 0 aliphatic carbocycles. The molecule has 0 spiro atoms. The van der Waals surface area contributed by atoms with Gasteiger partial charge in [0.05, 0.1) is 0 Å². The second kappa shape index (κ2) is 10.7. The van der Waals surface area contributed by atoms with Crippen molar-refractivity contribution in [3.05, 3.63) is 106 Å². The molecule has 0 radical (unpaired) electrons. The molecule has 9 heteroatoms. The number of hydrogen-bond acceptors (Lipinski definition) is 6. The number of halogens is 1. The van der Waals surface area contributed by atoms with Gasteiger partial charge in [-0.3, -0.25) is 20.4 Å². The molecule has 0 bridgehead atoms. The largest absolute Gasteiger partial charge is 0.489 e. The van der Waals surface area contributed by atoms with Gasteiger partial charge >= 0.3 is 5.63 Å². The van der Waals surface area contributed by atoms with Crippen LogP contribution in [0.25, 0.3) is 11.0 Å². The van der Waals surface area contributed by atoms with E-state index in [1.54, 1.807) is 42.5 Å². The minimum absolute atomic E-state index is 0.0624. The Balaban J connectivity index is 1.29. The molecule has 2 N–H and O–H groups in total. The normalized spacial score (nSPS) is 11.5. The van der Waals surface area contributed by atoms with Crippen LogP contribution < -0.4 is 26.0 Å². The summed E-state index contributed by atoms with van der Waals surface area (Å²) >= 11 is 0. The first-order chi connectivity index (χ1) is 17.3. The third-order valence-electron chi connectivity index (χ3n) is 5.35. The molecule has 0 saturated carbocycles. The number of hydrogen-bond donors (Lipinski definition) is 2. The first kappa shape index (κ1) is 24.5. The van der Waals surface area contributed by atoms with Crippen LogP contribution in [0.1, 0.15) is 28.4 Å². The summed E-state index contributed by atoms with van der Waals surface area (Å²) in [4.78, 5) is 36.1. The van der Waals surface area contributed by atoms with Crippen LogP contribution in [0, 0.1) is 12.7 Å². The highest BCUT2D eigenvalue weighted by Gasteiger charge is 2.17. The molecule has 0 aliphatic rings. The average Bonchev–Trinajstić information content (AvgIpc) is 2.87. The van der Waals surface area contributed by atoms with Gasteiger partial charge in [0.1, 0.15) is 17.9 Å². The maximum atomic E-state index is 13.7. The van der Waals surface area contributed by atoms with E-state index in [1.165, 1.54) is 31.2 Å². The Morgan fingerprint density at radius 1 is 1.00 bits per heavy atom. The maximum absolute atomic E-state index is 13.7. The van der Waals surface area contributed by atoms with Gasteiger partial charge in [0.15, 0.2) is 17.7 Å². The van der Waals surface area contributed by atoms with Crippen LogP contribution in [0.15, 0.2) is 82.0 Å². The smallest absolute Gasteiger partial charge is 0.336 e. The lowest BCUT2D eigenvalue weighted by atomic mass is 10.1. The number of carbonyl (C=O) groups is 2. The molecule has 4 aromatic rings. The molecule has 1 aromatic heterocycles. The SMILES string of the molecule is Cc1cc(=O)oc2cc(OCc3ccc(C(=O)NNC(=O)C(C)Oc4ccccc4F)cc3)ccc12. The number of benzene rings is 3. The summed E-state index contributed by atoms with van der Waals surface area (Å²) in [6.07, 6.45) is -1.03. The summed E-state index contributed by atoms with van der Waals surface area (Å²) < 4.78 is 30.0. The van der Waals surface area contributed by atoms with E-state index in [0.717, 1.165) is 16.5 Å². The van der Waals surface area contributed by atoms with Crippen molar-refractivity contribution < 1.29 is 27.9 Å². The van der Waals surface area contributed by atoms with Gasteiger partial charge in [-0.2, -0.15) is 0 Å². The second-order valence-electron chi connectivity index (χ2n) is 8.03. The molecule has 1 unspecified atom stereocenters. The van der Waals surface area contributed by atoms with Crippen LogP contribution in [0.3, 0.4) is 0 Å². The number of hydrazine groups is 1. The lowest BCUT2D eigenvalue weighted by Crippen LogP contribution is -2.47. The van der Waals surface area contributed by atoms with Crippen molar-refractivity contribution in [1.29, 1.82) is 0 Å². The molecule has 0 fully saturated rings. The van der Waals surface area contributed by atoms with Crippen molar-refractivity contribution in [2.45, 2.75) is 26.6 Å². The van der Waals surface area contributed by atoms with Crippen LogP contribution in [-0.2, 0) is 11.4 Å². The highest BCUT2D eigenvalue weighted by Crippen LogP contribution is 2.23. The number of aryl methyl sites for hydroxylation is 1. The number of amides is 2. The van der Waals surface area contributed by atoms with Gasteiger partial charge in [-0.05, 0) is 61.4 Å². The van der Waals surface area contributed by atoms with E-state index in [2.05, 4.69) is 10.9 Å². The van der Waals surface area contributed by atoms with E-state index >= 15 is 0 Å². The zero-order chi connectivity index (χ0) is 25.7. The molecule has 8 nitrogen and oxygen atoms in total. The topological polar surface area (TPSA) is 107 Å². The quantitative estimate of drug-likeness (QED) is 0.299. The zero-order valence-electron chi connectivity index (χ0n) is 19.5. The number of carbonyl (C=O) groups excluding carboxylic acids is 2. The van der Waals surface area contributed by atoms with E-state index < -0.39 is 29.4 Å². The molecule has 0 saturated heterocycles. The van der Waals surface area contributed by atoms with Gasteiger partial charge in [-0.1, -0.05) is 24.3 Å². The Hall–Kier alpha value is -4.66. The first-order valence-corrected chi connectivity index (χ1v) is 11.1. The van der Waals surface area contributed by atoms with Gasteiger partial charge in [-0.15, -0.1) is 0 Å². The summed E-state index contributed by atoms with van der Waals surface area (Å²) in [6, 6.07) is 19.0. The molecule has 36 heavy (non-hydrogen) atoms. The molecule has 3 aromatic carbocycles. The van der Waals surface area contributed by atoms with Crippen molar-refractivity contribution in [2.75, 3.05) is 0 Å². The number of rotatable bonds is 7. The van der Waals surface area contributed by atoms with Crippen molar-refractivity contribution >= 4 is 22.8 Å². The Bertz CT molecular complexity index is 1470. The summed E-state index contributed by atoms with van der Waals surface area (Å²) in [5.74, 6) is -1.29. The van der Waals surface area contributed by atoms with Crippen LogP contribution in [-0.4, -0.2) is 17.9 Å².